The van der Waals surface area contributed by atoms with Gasteiger partial charge < -0.3 is 0 Å². The summed E-state index contributed by atoms with van der Waals surface area (Å²) in [5.41, 5.74) is 2.76. The minimum absolute atomic E-state index is 0.895. The van der Waals surface area contributed by atoms with Gasteiger partial charge in [-0.2, -0.15) is 0 Å². The summed E-state index contributed by atoms with van der Waals surface area (Å²) in [6.07, 6.45) is 3.72. The topological polar surface area (TPSA) is 25.8 Å². The zero-order valence-corrected chi connectivity index (χ0v) is 18.0. The predicted octanol–water partition coefficient (Wildman–Crippen LogP) is 7.37. The average Bonchev–Trinajstić information content (AvgIpc) is 2.82. The summed E-state index contributed by atoms with van der Waals surface area (Å²) in [4.78, 5) is 8.97. The minimum atomic E-state index is 0.895. The molecular formula is C26H20N2S2. The minimum Gasteiger partial charge on any atom is -0.250 e. The number of nitrogens with zero attached hydrogens (tertiary/aromatic N) is 2. The van der Waals surface area contributed by atoms with Gasteiger partial charge >= 0.3 is 0 Å². The summed E-state index contributed by atoms with van der Waals surface area (Å²) in [6.45, 7) is 0. The molecule has 0 fully saturated rings. The van der Waals surface area contributed by atoms with Gasteiger partial charge in [0.25, 0.3) is 0 Å². The molecule has 0 saturated carbocycles. The number of thioether (sulfide) groups is 2. The molecule has 0 N–H and O–H groups in total. The van der Waals surface area contributed by atoms with E-state index < -0.39 is 0 Å². The van der Waals surface area contributed by atoms with E-state index in [4.69, 9.17) is 0 Å². The lowest BCUT2D eigenvalue weighted by Crippen LogP contribution is -1.95. The molecule has 0 bridgehead atoms. The van der Waals surface area contributed by atoms with Crippen LogP contribution in [-0.4, -0.2) is 9.97 Å². The highest BCUT2D eigenvalue weighted by Crippen LogP contribution is 2.38. The van der Waals surface area contributed by atoms with Crippen LogP contribution in [0, 0.1) is 0 Å². The second-order valence-corrected chi connectivity index (χ2v) is 8.95. The molecule has 2 heterocycles. The van der Waals surface area contributed by atoms with Gasteiger partial charge in [-0.1, -0.05) is 60.7 Å². The zero-order valence-electron chi connectivity index (χ0n) is 16.4. The lowest BCUT2D eigenvalue weighted by atomic mass is 9.93. The maximum absolute atomic E-state index is 4.49. The van der Waals surface area contributed by atoms with Crippen LogP contribution in [0.4, 0.5) is 0 Å². The Labute approximate surface area is 184 Å². The van der Waals surface area contributed by atoms with Crippen molar-refractivity contribution in [2.75, 3.05) is 0 Å². The fourth-order valence-corrected chi connectivity index (χ4v) is 5.60. The highest BCUT2D eigenvalue weighted by Gasteiger charge is 2.14. The third-order valence-electron chi connectivity index (χ3n) is 5.16. The molecule has 0 aliphatic rings. The Morgan fingerprint density at radius 2 is 0.833 bits per heavy atom. The molecular weight excluding hydrogens is 404 g/mol. The van der Waals surface area contributed by atoms with Gasteiger partial charge in [0.2, 0.25) is 0 Å². The summed E-state index contributed by atoms with van der Waals surface area (Å²) in [5.74, 6) is 1.79. The van der Waals surface area contributed by atoms with Crippen LogP contribution in [0.1, 0.15) is 11.1 Å². The first-order valence-electron chi connectivity index (χ1n) is 9.89. The Balaban J connectivity index is 1.60. The third-order valence-corrected chi connectivity index (χ3v) is 7.10. The first-order chi connectivity index (χ1) is 14.9. The monoisotopic (exact) mass is 424 g/mol. The van der Waals surface area contributed by atoms with Crippen molar-refractivity contribution >= 4 is 45.1 Å². The van der Waals surface area contributed by atoms with E-state index in [-0.39, 0.29) is 0 Å². The van der Waals surface area contributed by atoms with Crippen molar-refractivity contribution in [1.29, 1.82) is 0 Å². The van der Waals surface area contributed by atoms with Crippen LogP contribution in [0.5, 0.6) is 0 Å². The zero-order chi connectivity index (χ0) is 20.2. The number of benzene rings is 3. The molecule has 0 saturated heterocycles. The van der Waals surface area contributed by atoms with Crippen molar-refractivity contribution in [2.45, 2.75) is 21.6 Å². The van der Waals surface area contributed by atoms with Crippen LogP contribution in [0.25, 0.3) is 21.5 Å². The molecule has 5 aromatic rings. The first-order valence-corrected chi connectivity index (χ1v) is 11.9. The van der Waals surface area contributed by atoms with Crippen LogP contribution < -0.4 is 0 Å². The highest BCUT2D eigenvalue weighted by atomic mass is 32.2. The van der Waals surface area contributed by atoms with Crippen molar-refractivity contribution in [3.05, 3.63) is 108 Å². The van der Waals surface area contributed by atoms with Gasteiger partial charge in [-0.15, -0.1) is 23.5 Å². The van der Waals surface area contributed by atoms with Crippen molar-refractivity contribution < 1.29 is 0 Å². The van der Waals surface area contributed by atoms with Crippen molar-refractivity contribution in [3.63, 3.8) is 0 Å². The molecule has 2 aromatic heterocycles. The van der Waals surface area contributed by atoms with E-state index in [9.17, 15) is 0 Å². The van der Waals surface area contributed by atoms with Crippen LogP contribution in [-0.2, 0) is 11.5 Å². The van der Waals surface area contributed by atoms with E-state index in [1.165, 1.54) is 32.7 Å². The maximum atomic E-state index is 4.49. The molecule has 0 amide bonds. The fraction of sp³-hybridized carbons (Fsp3) is 0.0769. The van der Waals surface area contributed by atoms with Crippen LogP contribution in [0.3, 0.4) is 0 Å². The Bertz CT molecular complexity index is 1130. The van der Waals surface area contributed by atoms with E-state index in [1.54, 1.807) is 23.5 Å². The summed E-state index contributed by atoms with van der Waals surface area (Å²) >= 11 is 3.59. The molecule has 0 unspecified atom stereocenters. The number of aromatic nitrogens is 2. The van der Waals surface area contributed by atoms with Gasteiger partial charge in [-0.25, -0.2) is 9.97 Å². The highest BCUT2D eigenvalue weighted by molar-refractivity contribution is 7.98. The van der Waals surface area contributed by atoms with Crippen LogP contribution >= 0.6 is 23.5 Å². The van der Waals surface area contributed by atoms with E-state index in [2.05, 4.69) is 70.6 Å². The summed E-state index contributed by atoms with van der Waals surface area (Å²) < 4.78 is 0. The summed E-state index contributed by atoms with van der Waals surface area (Å²) in [6, 6.07) is 29.7. The predicted molar refractivity (Wildman–Crippen MR) is 129 cm³/mol. The normalized spacial score (nSPS) is 11.2. The summed E-state index contributed by atoms with van der Waals surface area (Å²) in [5, 5.41) is 7.43. The molecule has 3 aromatic carbocycles. The third kappa shape index (κ3) is 3.93. The number of pyridine rings is 2. The van der Waals surface area contributed by atoms with E-state index in [0.29, 0.717) is 0 Å². The van der Waals surface area contributed by atoms with E-state index in [1.807, 2.05) is 36.7 Å². The fourth-order valence-electron chi connectivity index (χ4n) is 3.78. The lowest BCUT2D eigenvalue weighted by Gasteiger charge is -2.16. The van der Waals surface area contributed by atoms with Crippen molar-refractivity contribution in [3.8, 4) is 0 Å². The Hall–Kier alpha value is -2.82. The van der Waals surface area contributed by atoms with Crippen LogP contribution in [0.15, 0.2) is 107 Å². The number of hydrogen-bond acceptors (Lipinski definition) is 4. The Morgan fingerprint density at radius 3 is 1.17 bits per heavy atom. The van der Waals surface area contributed by atoms with Gasteiger partial charge in [0.15, 0.2) is 0 Å². The molecule has 0 radical (unpaired) electrons. The number of rotatable bonds is 6. The van der Waals surface area contributed by atoms with E-state index in [0.717, 1.165) is 21.6 Å². The van der Waals surface area contributed by atoms with Crippen molar-refractivity contribution in [2.24, 2.45) is 0 Å². The molecule has 30 heavy (non-hydrogen) atoms. The molecule has 0 aliphatic carbocycles. The lowest BCUT2D eigenvalue weighted by molar-refractivity contribution is 1.13. The van der Waals surface area contributed by atoms with Gasteiger partial charge in [-0.3, -0.25) is 0 Å². The van der Waals surface area contributed by atoms with Crippen LogP contribution in [0.2, 0.25) is 0 Å². The Kier molecular flexibility index (Phi) is 5.69. The smallest absolute Gasteiger partial charge is 0.0963 e. The number of fused-ring (bicyclic) bond motifs is 2. The molecule has 2 nitrogen and oxygen atoms in total. The first kappa shape index (κ1) is 19.2. The SMILES string of the molecule is c1ccc(SCc2c3ccccc3c(CSc3ccccn3)c3ccccc23)nc1. The van der Waals surface area contributed by atoms with Gasteiger partial charge in [-0.05, 0) is 56.9 Å². The largest absolute Gasteiger partial charge is 0.250 e. The number of hydrogen-bond donors (Lipinski definition) is 0. The second-order valence-electron chi connectivity index (χ2n) is 6.96. The van der Waals surface area contributed by atoms with Gasteiger partial charge in [0, 0.05) is 23.9 Å². The second kappa shape index (κ2) is 8.90. The quantitative estimate of drug-likeness (QED) is 0.210. The molecule has 5 rings (SSSR count). The average molecular weight is 425 g/mol. The molecule has 0 atom stereocenters. The van der Waals surface area contributed by atoms with Gasteiger partial charge in [0.05, 0.1) is 10.1 Å². The molecule has 4 heteroatoms. The molecule has 0 spiro atoms. The standard InChI is InChI=1S/C26H20N2S2/c1-2-10-20-19(9-1)23(17-29-25-13-5-7-15-27-25)21-11-3-4-12-22(21)24(20)18-30-26-14-6-8-16-28-26/h1-16H,17-18H2. The van der Waals surface area contributed by atoms with E-state index >= 15 is 0 Å². The van der Waals surface area contributed by atoms with Gasteiger partial charge in [0.1, 0.15) is 0 Å². The Morgan fingerprint density at radius 1 is 0.467 bits per heavy atom. The molecule has 146 valence electrons. The van der Waals surface area contributed by atoms with Crippen molar-refractivity contribution in [1.82, 2.24) is 9.97 Å². The molecule has 0 aliphatic heterocycles. The maximum Gasteiger partial charge on any atom is 0.0963 e. The summed E-state index contributed by atoms with van der Waals surface area (Å²) in [7, 11) is 0.